The summed E-state index contributed by atoms with van der Waals surface area (Å²) in [5, 5.41) is 14.2. The van der Waals surface area contributed by atoms with Crippen molar-refractivity contribution in [1.82, 2.24) is 25.5 Å². The summed E-state index contributed by atoms with van der Waals surface area (Å²) < 4.78 is 0. The van der Waals surface area contributed by atoms with Crippen molar-refractivity contribution in [2.24, 2.45) is 27.9 Å². The van der Waals surface area contributed by atoms with Crippen LogP contribution < -0.4 is 33.6 Å². The number of carboxylic acid groups (broad SMARTS) is 1. The first kappa shape index (κ1) is 29.0. The minimum atomic E-state index is -1.44. The van der Waals surface area contributed by atoms with Crippen molar-refractivity contribution in [3.63, 3.8) is 0 Å². The van der Waals surface area contributed by atoms with E-state index < -0.39 is 60.2 Å². The monoisotopic (exact) mass is 522 g/mol. The number of amides is 4. The van der Waals surface area contributed by atoms with Crippen LogP contribution in [-0.2, 0) is 30.4 Å². The van der Waals surface area contributed by atoms with Gasteiger partial charge in [0.15, 0.2) is 5.96 Å². The number of carbonyl (C=O) groups excluding carboxylic acids is 4. The van der Waals surface area contributed by atoms with Gasteiger partial charge in [0.1, 0.15) is 18.1 Å². The summed E-state index contributed by atoms with van der Waals surface area (Å²) in [7, 11) is 0. The van der Waals surface area contributed by atoms with Gasteiger partial charge < -0.3 is 48.6 Å². The van der Waals surface area contributed by atoms with Gasteiger partial charge in [0.05, 0.1) is 18.8 Å². The van der Waals surface area contributed by atoms with Crippen molar-refractivity contribution in [2.75, 3.05) is 13.1 Å². The number of nitrogens with zero attached hydrogens (tertiary/aromatic N) is 3. The largest absolute Gasteiger partial charge is 0.480 e. The summed E-state index contributed by atoms with van der Waals surface area (Å²) in [4.78, 5) is 73.8. The maximum Gasteiger partial charge on any atom is 0.326 e. The number of hydrogen-bond donors (Lipinski definition) is 8. The van der Waals surface area contributed by atoms with Crippen LogP contribution in [0.5, 0.6) is 0 Å². The number of aliphatic carboxylic acids is 1. The average molecular weight is 523 g/mol. The van der Waals surface area contributed by atoms with Crippen LogP contribution in [0, 0.1) is 0 Å². The fourth-order valence-electron chi connectivity index (χ4n) is 3.95. The van der Waals surface area contributed by atoms with Crippen molar-refractivity contribution < 1.29 is 29.1 Å². The van der Waals surface area contributed by atoms with Crippen molar-refractivity contribution in [3.05, 3.63) is 18.2 Å². The molecule has 1 saturated heterocycles. The first-order valence-electron chi connectivity index (χ1n) is 11.7. The van der Waals surface area contributed by atoms with Crippen LogP contribution in [0.2, 0.25) is 0 Å². The van der Waals surface area contributed by atoms with Crippen LogP contribution in [0.15, 0.2) is 17.5 Å². The number of aromatic amines is 1. The molecule has 16 heteroatoms. The van der Waals surface area contributed by atoms with Crippen molar-refractivity contribution in [1.29, 1.82) is 0 Å². The summed E-state index contributed by atoms with van der Waals surface area (Å²) in [6.45, 7) is 0.439. The second-order valence-corrected chi connectivity index (χ2v) is 8.66. The molecule has 0 saturated carbocycles. The van der Waals surface area contributed by atoms with Gasteiger partial charge in [-0.05, 0) is 25.7 Å². The fraction of sp³-hybridized carbons (Fsp3) is 0.571. The van der Waals surface area contributed by atoms with E-state index in [1.807, 2.05) is 0 Å². The highest BCUT2D eigenvalue weighted by atomic mass is 16.4. The molecular formula is C21H34N10O6. The molecule has 1 fully saturated rings. The molecule has 0 spiro atoms. The maximum absolute atomic E-state index is 13.0. The van der Waals surface area contributed by atoms with Crippen LogP contribution in [0.25, 0.3) is 0 Å². The number of carbonyl (C=O) groups is 5. The Morgan fingerprint density at radius 3 is 2.51 bits per heavy atom. The minimum absolute atomic E-state index is 0.00574. The Kier molecular flexibility index (Phi) is 10.8. The van der Waals surface area contributed by atoms with Crippen molar-refractivity contribution in [2.45, 2.75) is 62.7 Å². The number of aliphatic imine (C=N–C) groups is 1. The third-order valence-corrected chi connectivity index (χ3v) is 5.75. The molecule has 4 unspecified atom stereocenters. The topological polar surface area (TPSA) is 278 Å². The standard InChI is InChI=1S/C21H34N10O6/c22-12(7-11-9-26-10-28-11)19(35)31-6-2-4-15(31)18(34)30-14(8-16(23)32)17(33)29-13(20(36)37)3-1-5-27-21(24)25/h9-10,12-15H,1-8,22H2,(H2,23,32)(H,26,28)(H,29,33)(H,30,34)(H,36,37)(H4,24,25,27). The molecule has 1 aromatic rings. The molecule has 0 radical (unpaired) electrons. The zero-order chi connectivity index (χ0) is 27.5. The van der Waals surface area contributed by atoms with Gasteiger partial charge in [0, 0.05) is 31.4 Å². The molecular weight excluding hydrogens is 488 g/mol. The van der Waals surface area contributed by atoms with E-state index in [1.165, 1.54) is 11.2 Å². The van der Waals surface area contributed by atoms with E-state index in [-0.39, 0.29) is 38.3 Å². The van der Waals surface area contributed by atoms with Crippen molar-refractivity contribution in [3.8, 4) is 0 Å². The predicted molar refractivity (Wildman–Crippen MR) is 130 cm³/mol. The van der Waals surface area contributed by atoms with Gasteiger partial charge in [-0.2, -0.15) is 0 Å². The zero-order valence-corrected chi connectivity index (χ0v) is 20.3. The molecule has 37 heavy (non-hydrogen) atoms. The summed E-state index contributed by atoms with van der Waals surface area (Å²) in [6, 6.07) is -4.60. The van der Waals surface area contributed by atoms with Gasteiger partial charge in [0.2, 0.25) is 23.6 Å². The third kappa shape index (κ3) is 9.06. The molecule has 1 aromatic heterocycles. The maximum atomic E-state index is 13.0. The predicted octanol–water partition coefficient (Wildman–Crippen LogP) is -3.75. The highest BCUT2D eigenvalue weighted by molar-refractivity contribution is 5.96. The number of H-pyrrole nitrogens is 1. The van der Waals surface area contributed by atoms with Crippen LogP contribution in [0.4, 0.5) is 0 Å². The molecule has 1 aliphatic heterocycles. The van der Waals surface area contributed by atoms with Gasteiger partial charge in [-0.25, -0.2) is 9.78 Å². The Balaban J connectivity index is 2.04. The van der Waals surface area contributed by atoms with E-state index in [1.54, 1.807) is 6.20 Å². The lowest BCUT2D eigenvalue weighted by Crippen LogP contribution is -2.57. The number of carboxylic acids is 1. The number of primary amides is 1. The second-order valence-electron chi connectivity index (χ2n) is 8.66. The highest BCUT2D eigenvalue weighted by Gasteiger charge is 2.38. The highest BCUT2D eigenvalue weighted by Crippen LogP contribution is 2.19. The lowest BCUT2D eigenvalue weighted by molar-refractivity contribution is -0.143. The van der Waals surface area contributed by atoms with Crippen molar-refractivity contribution >= 4 is 35.6 Å². The number of rotatable bonds is 14. The molecule has 12 N–H and O–H groups in total. The Labute approximate surface area is 212 Å². The van der Waals surface area contributed by atoms with Crippen LogP contribution in [0.1, 0.15) is 37.8 Å². The Morgan fingerprint density at radius 2 is 1.92 bits per heavy atom. The number of hydrogen-bond acceptors (Lipinski definition) is 8. The molecule has 16 nitrogen and oxygen atoms in total. The molecule has 2 rings (SSSR count). The lowest BCUT2D eigenvalue weighted by Gasteiger charge is -2.28. The number of nitrogens with two attached hydrogens (primary N) is 4. The number of nitrogens with one attached hydrogen (secondary N) is 3. The molecule has 2 heterocycles. The smallest absolute Gasteiger partial charge is 0.326 e. The Hall–Kier alpha value is -4.21. The van der Waals surface area contributed by atoms with E-state index in [2.05, 4.69) is 25.6 Å². The number of imidazole rings is 1. The summed E-state index contributed by atoms with van der Waals surface area (Å²) in [5.74, 6) is -4.40. The summed E-state index contributed by atoms with van der Waals surface area (Å²) in [5.41, 5.74) is 22.4. The quantitative estimate of drug-likeness (QED) is 0.0671. The number of guanidine groups is 1. The molecule has 1 aliphatic rings. The summed E-state index contributed by atoms with van der Waals surface area (Å²) >= 11 is 0. The van der Waals surface area contributed by atoms with E-state index in [0.29, 0.717) is 18.5 Å². The molecule has 0 bridgehead atoms. The minimum Gasteiger partial charge on any atom is -0.480 e. The third-order valence-electron chi connectivity index (χ3n) is 5.75. The van der Waals surface area contributed by atoms with Gasteiger partial charge >= 0.3 is 5.97 Å². The van der Waals surface area contributed by atoms with Gasteiger partial charge in [0.25, 0.3) is 0 Å². The normalized spacial score (nSPS) is 17.3. The Morgan fingerprint density at radius 1 is 1.19 bits per heavy atom. The lowest BCUT2D eigenvalue weighted by atomic mass is 10.1. The first-order valence-corrected chi connectivity index (χ1v) is 11.7. The Bertz CT molecular complexity index is 994. The van der Waals surface area contributed by atoms with Gasteiger partial charge in [-0.15, -0.1) is 0 Å². The average Bonchev–Trinajstić information content (AvgIpc) is 3.51. The van der Waals surface area contributed by atoms with Gasteiger partial charge in [-0.3, -0.25) is 24.2 Å². The van der Waals surface area contributed by atoms with E-state index >= 15 is 0 Å². The van der Waals surface area contributed by atoms with E-state index in [0.717, 1.165) is 0 Å². The van der Waals surface area contributed by atoms with Crippen LogP contribution in [0.3, 0.4) is 0 Å². The molecule has 204 valence electrons. The SMILES string of the molecule is NC(=O)CC(NC(=O)C1CCCN1C(=O)C(N)Cc1cnc[nH]1)C(=O)NC(CCCN=C(N)N)C(=O)O. The van der Waals surface area contributed by atoms with Crippen LogP contribution >= 0.6 is 0 Å². The molecule has 4 atom stereocenters. The number of aromatic nitrogens is 2. The summed E-state index contributed by atoms with van der Waals surface area (Å²) in [6.07, 6.45) is 3.72. The molecule has 0 aromatic carbocycles. The van der Waals surface area contributed by atoms with Crippen LogP contribution in [-0.4, -0.2) is 92.8 Å². The fourth-order valence-corrected chi connectivity index (χ4v) is 3.95. The molecule has 0 aliphatic carbocycles. The second kappa shape index (κ2) is 13.8. The zero-order valence-electron chi connectivity index (χ0n) is 20.3. The first-order chi connectivity index (χ1) is 17.5. The van der Waals surface area contributed by atoms with E-state index in [9.17, 15) is 29.1 Å². The van der Waals surface area contributed by atoms with E-state index in [4.69, 9.17) is 22.9 Å². The van der Waals surface area contributed by atoms with Gasteiger partial charge in [-0.1, -0.05) is 0 Å². The molecule has 4 amide bonds. The number of likely N-dealkylation sites (tertiary alicyclic amines) is 1.